The molecule has 0 saturated heterocycles. The van der Waals surface area contributed by atoms with E-state index in [9.17, 15) is 4.39 Å². The van der Waals surface area contributed by atoms with Crippen molar-refractivity contribution in [2.45, 2.75) is 32.1 Å². The van der Waals surface area contributed by atoms with E-state index in [4.69, 9.17) is 5.73 Å². The van der Waals surface area contributed by atoms with Gasteiger partial charge in [-0.1, -0.05) is 6.42 Å². The molecule has 0 heterocycles. The van der Waals surface area contributed by atoms with Crippen LogP contribution in [0.2, 0.25) is 0 Å². The first-order valence-electron chi connectivity index (χ1n) is 7.97. The van der Waals surface area contributed by atoms with Gasteiger partial charge in [0.2, 0.25) is 0 Å². The lowest BCUT2D eigenvalue weighted by Crippen LogP contribution is -2.33. The third kappa shape index (κ3) is 2.98. The molecule has 2 saturated carbocycles. The van der Waals surface area contributed by atoms with Crippen LogP contribution in [0.1, 0.15) is 32.1 Å². The molecule has 20 heavy (non-hydrogen) atoms. The second-order valence-electron chi connectivity index (χ2n) is 6.50. The highest BCUT2D eigenvalue weighted by Crippen LogP contribution is 2.48. The number of halogens is 1. The summed E-state index contributed by atoms with van der Waals surface area (Å²) in [5.74, 6) is 2.58. The molecule has 0 aromatic heterocycles. The predicted octanol–water partition coefficient (Wildman–Crippen LogP) is 3.42. The summed E-state index contributed by atoms with van der Waals surface area (Å²) in [7, 11) is 0. The molecule has 110 valence electrons. The summed E-state index contributed by atoms with van der Waals surface area (Å²) in [4.78, 5) is 2.41. The average Bonchev–Trinajstić information content (AvgIpc) is 3.07. The van der Waals surface area contributed by atoms with Gasteiger partial charge in [-0.15, -0.1) is 0 Å². The first-order chi connectivity index (χ1) is 9.76. The predicted molar refractivity (Wildman–Crippen MR) is 81.2 cm³/mol. The van der Waals surface area contributed by atoms with Crippen molar-refractivity contribution in [3.8, 4) is 0 Å². The van der Waals surface area contributed by atoms with Crippen LogP contribution in [0.4, 0.5) is 10.1 Å². The summed E-state index contributed by atoms with van der Waals surface area (Å²) in [5.41, 5.74) is 6.80. The summed E-state index contributed by atoms with van der Waals surface area (Å²) >= 11 is 0. The van der Waals surface area contributed by atoms with Gasteiger partial charge in [0.15, 0.2) is 0 Å². The second-order valence-corrected chi connectivity index (χ2v) is 6.50. The number of nitrogens with zero attached hydrogens (tertiary/aromatic N) is 1. The molecule has 2 N–H and O–H groups in total. The fourth-order valence-corrected chi connectivity index (χ4v) is 4.14. The van der Waals surface area contributed by atoms with Crippen molar-refractivity contribution in [1.82, 2.24) is 0 Å². The average molecular weight is 276 g/mol. The highest BCUT2D eigenvalue weighted by molar-refractivity contribution is 5.46. The van der Waals surface area contributed by atoms with E-state index in [1.807, 2.05) is 12.1 Å². The SMILES string of the molecule is NCCCN(CC1CC2CCC1C2)c1ccc(F)cc1. The van der Waals surface area contributed by atoms with Gasteiger partial charge in [0.25, 0.3) is 0 Å². The van der Waals surface area contributed by atoms with E-state index in [2.05, 4.69) is 4.90 Å². The number of anilines is 1. The Morgan fingerprint density at radius 1 is 1.15 bits per heavy atom. The number of nitrogens with two attached hydrogens (primary N) is 1. The van der Waals surface area contributed by atoms with Gasteiger partial charge in [-0.3, -0.25) is 0 Å². The summed E-state index contributed by atoms with van der Waals surface area (Å²) in [6, 6.07) is 6.93. The Kier molecular flexibility index (Phi) is 4.25. The van der Waals surface area contributed by atoms with Gasteiger partial charge in [0, 0.05) is 18.8 Å². The minimum absolute atomic E-state index is 0.160. The topological polar surface area (TPSA) is 29.3 Å². The van der Waals surface area contributed by atoms with E-state index < -0.39 is 0 Å². The van der Waals surface area contributed by atoms with Gasteiger partial charge < -0.3 is 10.6 Å². The molecule has 2 bridgehead atoms. The molecule has 3 rings (SSSR count). The van der Waals surface area contributed by atoms with Crippen molar-refractivity contribution in [2.24, 2.45) is 23.5 Å². The van der Waals surface area contributed by atoms with Crippen molar-refractivity contribution in [1.29, 1.82) is 0 Å². The van der Waals surface area contributed by atoms with Crippen molar-refractivity contribution >= 4 is 5.69 Å². The highest BCUT2D eigenvalue weighted by Gasteiger charge is 2.39. The molecule has 0 amide bonds. The van der Waals surface area contributed by atoms with Crippen molar-refractivity contribution in [2.75, 3.05) is 24.5 Å². The van der Waals surface area contributed by atoms with Gasteiger partial charge >= 0.3 is 0 Å². The third-order valence-electron chi connectivity index (χ3n) is 5.16. The number of rotatable bonds is 6. The van der Waals surface area contributed by atoms with E-state index in [0.717, 1.165) is 43.0 Å². The molecule has 2 aliphatic rings. The molecule has 2 fully saturated rings. The van der Waals surface area contributed by atoms with Crippen LogP contribution in [-0.4, -0.2) is 19.6 Å². The van der Waals surface area contributed by atoms with Gasteiger partial charge in [-0.05, 0) is 74.2 Å². The Morgan fingerprint density at radius 2 is 1.95 bits per heavy atom. The van der Waals surface area contributed by atoms with E-state index in [1.165, 1.54) is 25.7 Å². The molecule has 0 spiro atoms. The Balaban J connectivity index is 1.67. The van der Waals surface area contributed by atoms with Crippen molar-refractivity contribution in [3.05, 3.63) is 30.1 Å². The lowest BCUT2D eigenvalue weighted by atomic mass is 9.88. The molecule has 3 atom stereocenters. The highest BCUT2D eigenvalue weighted by atomic mass is 19.1. The van der Waals surface area contributed by atoms with Crippen LogP contribution in [0.3, 0.4) is 0 Å². The maximum absolute atomic E-state index is 13.1. The summed E-state index contributed by atoms with van der Waals surface area (Å²) in [6.45, 7) is 2.82. The van der Waals surface area contributed by atoms with Crippen molar-refractivity contribution in [3.63, 3.8) is 0 Å². The molecule has 0 aliphatic heterocycles. The number of hydrogen-bond donors (Lipinski definition) is 1. The Bertz CT molecular complexity index is 431. The molecule has 1 aromatic rings. The van der Waals surface area contributed by atoms with Crippen LogP contribution in [0.5, 0.6) is 0 Å². The van der Waals surface area contributed by atoms with Crippen LogP contribution in [0, 0.1) is 23.6 Å². The maximum Gasteiger partial charge on any atom is 0.123 e. The van der Waals surface area contributed by atoms with E-state index >= 15 is 0 Å². The molecular weight excluding hydrogens is 251 g/mol. The van der Waals surface area contributed by atoms with E-state index in [0.29, 0.717) is 6.54 Å². The molecule has 3 unspecified atom stereocenters. The normalized spacial score (nSPS) is 28.0. The number of benzene rings is 1. The first-order valence-corrected chi connectivity index (χ1v) is 7.97. The smallest absolute Gasteiger partial charge is 0.123 e. The number of hydrogen-bond acceptors (Lipinski definition) is 2. The van der Waals surface area contributed by atoms with Gasteiger partial charge in [0.1, 0.15) is 5.82 Å². The quantitative estimate of drug-likeness (QED) is 0.862. The van der Waals surface area contributed by atoms with Crippen LogP contribution >= 0.6 is 0 Å². The molecule has 0 radical (unpaired) electrons. The summed E-state index contributed by atoms with van der Waals surface area (Å²) in [5, 5.41) is 0. The fourth-order valence-electron chi connectivity index (χ4n) is 4.14. The summed E-state index contributed by atoms with van der Waals surface area (Å²) in [6.07, 6.45) is 6.70. The van der Waals surface area contributed by atoms with Gasteiger partial charge in [0.05, 0.1) is 0 Å². The first kappa shape index (κ1) is 13.9. The molecular formula is C17H25FN2. The number of fused-ring (bicyclic) bond motifs is 2. The monoisotopic (exact) mass is 276 g/mol. The summed E-state index contributed by atoms with van der Waals surface area (Å²) < 4.78 is 13.1. The lowest BCUT2D eigenvalue weighted by Gasteiger charge is -2.31. The zero-order valence-electron chi connectivity index (χ0n) is 12.1. The Morgan fingerprint density at radius 3 is 2.55 bits per heavy atom. The van der Waals surface area contributed by atoms with Crippen LogP contribution < -0.4 is 10.6 Å². The zero-order chi connectivity index (χ0) is 13.9. The van der Waals surface area contributed by atoms with E-state index in [1.54, 1.807) is 12.1 Å². The largest absolute Gasteiger partial charge is 0.371 e. The van der Waals surface area contributed by atoms with Crippen LogP contribution in [0.15, 0.2) is 24.3 Å². The van der Waals surface area contributed by atoms with Gasteiger partial charge in [-0.25, -0.2) is 4.39 Å². The molecule has 3 heteroatoms. The molecule has 2 nitrogen and oxygen atoms in total. The zero-order valence-corrected chi connectivity index (χ0v) is 12.1. The Labute approximate surface area is 121 Å². The van der Waals surface area contributed by atoms with Crippen molar-refractivity contribution < 1.29 is 4.39 Å². The molecule has 1 aromatic carbocycles. The van der Waals surface area contributed by atoms with Crippen LogP contribution in [0.25, 0.3) is 0 Å². The minimum atomic E-state index is -0.160. The minimum Gasteiger partial charge on any atom is -0.371 e. The van der Waals surface area contributed by atoms with Gasteiger partial charge in [-0.2, -0.15) is 0 Å². The fraction of sp³-hybridized carbons (Fsp3) is 0.647. The standard InChI is InChI=1S/C17H25FN2/c18-16-4-6-17(7-5-16)20(9-1-8-19)12-15-11-13-2-3-14(15)10-13/h4-7,13-15H,1-3,8-12,19H2. The second kappa shape index (κ2) is 6.13. The molecule has 2 aliphatic carbocycles. The third-order valence-corrected chi connectivity index (χ3v) is 5.16. The Hall–Kier alpha value is -1.09. The van der Waals surface area contributed by atoms with E-state index in [-0.39, 0.29) is 5.82 Å². The van der Waals surface area contributed by atoms with Crippen LogP contribution in [-0.2, 0) is 0 Å². The maximum atomic E-state index is 13.1. The lowest BCUT2D eigenvalue weighted by molar-refractivity contribution is 0.333.